The lowest BCUT2D eigenvalue weighted by molar-refractivity contribution is 0.250. The van der Waals surface area contributed by atoms with Crippen LogP contribution in [-0.4, -0.2) is 6.61 Å². The summed E-state index contributed by atoms with van der Waals surface area (Å²) in [5.41, 5.74) is 0. The van der Waals surface area contributed by atoms with Gasteiger partial charge in [0.05, 0.1) is 12.9 Å². The Kier molecular flexibility index (Phi) is 3.07. The molecule has 0 bridgehead atoms. The summed E-state index contributed by atoms with van der Waals surface area (Å²) >= 11 is 0. The highest BCUT2D eigenvalue weighted by molar-refractivity contribution is 4.94. The Morgan fingerprint density at radius 3 is 3.10 bits per heavy atom. The van der Waals surface area contributed by atoms with Crippen LogP contribution in [-0.2, 0) is 4.74 Å². The Morgan fingerprint density at radius 1 is 1.60 bits per heavy atom. The molecular weight excluding hydrogens is 124 g/mol. The Morgan fingerprint density at radius 2 is 2.50 bits per heavy atom. The average Bonchev–Trinajstić information content (AvgIpc) is 2.41. The molecule has 0 aliphatic carbocycles. The zero-order valence-electron chi connectivity index (χ0n) is 6.42. The molecule has 1 unspecified atom stereocenters. The van der Waals surface area contributed by atoms with Crippen molar-refractivity contribution in [3.05, 3.63) is 24.5 Å². The number of allylic oxidation sites excluding steroid dienone is 2. The van der Waals surface area contributed by atoms with Gasteiger partial charge < -0.3 is 4.74 Å². The third-order valence-electron chi connectivity index (χ3n) is 1.60. The standard InChI is InChI=1S/C9H14O/c1-2-3-4-5-9-6-7-10-8-9/h3-4,6-7,9H,2,5,8H2,1H3/b4-3+. The van der Waals surface area contributed by atoms with Gasteiger partial charge in [0.2, 0.25) is 0 Å². The van der Waals surface area contributed by atoms with Crippen molar-refractivity contribution >= 4 is 0 Å². The molecule has 0 saturated heterocycles. The third kappa shape index (κ3) is 2.26. The van der Waals surface area contributed by atoms with E-state index in [4.69, 9.17) is 4.74 Å². The minimum atomic E-state index is 0.628. The maximum absolute atomic E-state index is 5.07. The van der Waals surface area contributed by atoms with E-state index in [1.165, 1.54) is 0 Å². The molecule has 0 aromatic rings. The second-order valence-corrected chi connectivity index (χ2v) is 2.54. The van der Waals surface area contributed by atoms with Gasteiger partial charge in [-0.15, -0.1) is 0 Å². The average molecular weight is 138 g/mol. The first-order valence-corrected chi connectivity index (χ1v) is 3.86. The monoisotopic (exact) mass is 138 g/mol. The normalized spacial score (nSPS) is 23.9. The van der Waals surface area contributed by atoms with Crippen LogP contribution in [0.15, 0.2) is 24.5 Å². The van der Waals surface area contributed by atoms with E-state index in [9.17, 15) is 0 Å². The third-order valence-corrected chi connectivity index (χ3v) is 1.60. The van der Waals surface area contributed by atoms with Crippen LogP contribution in [0.1, 0.15) is 19.8 Å². The summed E-state index contributed by atoms with van der Waals surface area (Å²) in [7, 11) is 0. The molecule has 56 valence electrons. The fourth-order valence-electron chi connectivity index (χ4n) is 0.986. The van der Waals surface area contributed by atoms with Crippen LogP contribution in [0.4, 0.5) is 0 Å². The van der Waals surface area contributed by atoms with Crippen LogP contribution in [0.3, 0.4) is 0 Å². The zero-order valence-corrected chi connectivity index (χ0v) is 6.42. The highest BCUT2D eigenvalue weighted by Gasteiger charge is 2.06. The number of hydrogen-bond donors (Lipinski definition) is 0. The predicted molar refractivity (Wildman–Crippen MR) is 42.6 cm³/mol. The molecule has 0 aromatic carbocycles. The minimum absolute atomic E-state index is 0.628. The lowest BCUT2D eigenvalue weighted by atomic mass is 10.1. The summed E-state index contributed by atoms with van der Waals surface area (Å²) < 4.78 is 5.07. The lowest BCUT2D eigenvalue weighted by Crippen LogP contribution is -1.95. The highest BCUT2D eigenvalue weighted by Crippen LogP contribution is 2.12. The van der Waals surface area contributed by atoms with Crippen molar-refractivity contribution in [3.63, 3.8) is 0 Å². The molecule has 1 heterocycles. The van der Waals surface area contributed by atoms with Crippen LogP contribution in [0.2, 0.25) is 0 Å². The largest absolute Gasteiger partial charge is 0.501 e. The minimum Gasteiger partial charge on any atom is -0.501 e. The van der Waals surface area contributed by atoms with Gasteiger partial charge in [-0.25, -0.2) is 0 Å². The quantitative estimate of drug-likeness (QED) is 0.544. The maximum Gasteiger partial charge on any atom is 0.0939 e. The van der Waals surface area contributed by atoms with E-state index in [2.05, 4.69) is 25.2 Å². The van der Waals surface area contributed by atoms with Gasteiger partial charge in [0, 0.05) is 5.92 Å². The number of rotatable bonds is 3. The van der Waals surface area contributed by atoms with Crippen LogP contribution >= 0.6 is 0 Å². The Hall–Kier alpha value is -0.720. The van der Waals surface area contributed by atoms with Gasteiger partial charge in [-0.3, -0.25) is 0 Å². The molecule has 0 amide bonds. The molecule has 1 aliphatic rings. The van der Waals surface area contributed by atoms with Gasteiger partial charge in [0.15, 0.2) is 0 Å². The van der Waals surface area contributed by atoms with E-state index in [-0.39, 0.29) is 0 Å². The van der Waals surface area contributed by atoms with E-state index in [1.807, 2.05) is 0 Å². The van der Waals surface area contributed by atoms with Crippen LogP contribution < -0.4 is 0 Å². The molecular formula is C9H14O. The first-order chi connectivity index (χ1) is 4.93. The summed E-state index contributed by atoms with van der Waals surface area (Å²) in [5, 5.41) is 0. The molecule has 0 spiro atoms. The summed E-state index contributed by atoms with van der Waals surface area (Å²) in [6, 6.07) is 0. The molecule has 0 N–H and O–H groups in total. The molecule has 0 fully saturated rings. The smallest absolute Gasteiger partial charge is 0.0939 e. The van der Waals surface area contributed by atoms with Crippen molar-refractivity contribution < 1.29 is 4.74 Å². The van der Waals surface area contributed by atoms with Crippen molar-refractivity contribution in [2.24, 2.45) is 5.92 Å². The molecule has 10 heavy (non-hydrogen) atoms. The van der Waals surface area contributed by atoms with Crippen molar-refractivity contribution in [2.75, 3.05) is 6.61 Å². The summed E-state index contributed by atoms with van der Waals surface area (Å²) in [6.45, 7) is 3.02. The Bertz CT molecular complexity index is 136. The SMILES string of the molecule is CC/C=C/CC1C=COC1. The molecule has 1 heteroatoms. The topological polar surface area (TPSA) is 9.23 Å². The molecule has 0 saturated carbocycles. The van der Waals surface area contributed by atoms with Gasteiger partial charge in [0.25, 0.3) is 0 Å². The van der Waals surface area contributed by atoms with Gasteiger partial charge in [-0.05, 0) is 18.9 Å². The summed E-state index contributed by atoms with van der Waals surface area (Å²) in [5.74, 6) is 0.628. The molecule has 1 aliphatic heterocycles. The molecule has 0 radical (unpaired) electrons. The number of ether oxygens (including phenoxy) is 1. The fourth-order valence-corrected chi connectivity index (χ4v) is 0.986. The summed E-state index contributed by atoms with van der Waals surface area (Å²) in [6.07, 6.45) is 10.6. The van der Waals surface area contributed by atoms with E-state index in [0.717, 1.165) is 19.4 Å². The highest BCUT2D eigenvalue weighted by atomic mass is 16.5. The van der Waals surface area contributed by atoms with Gasteiger partial charge in [-0.1, -0.05) is 19.1 Å². The van der Waals surface area contributed by atoms with E-state index in [1.54, 1.807) is 6.26 Å². The van der Waals surface area contributed by atoms with Crippen molar-refractivity contribution in [1.82, 2.24) is 0 Å². The Labute approximate surface area is 62.4 Å². The Balaban J connectivity index is 2.13. The van der Waals surface area contributed by atoms with E-state index in [0.29, 0.717) is 5.92 Å². The summed E-state index contributed by atoms with van der Waals surface area (Å²) in [4.78, 5) is 0. The second kappa shape index (κ2) is 4.15. The zero-order chi connectivity index (χ0) is 7.23. The molecule has 1 rings (SSSR count). The number of hydrogen-bond acceptors (Lipinski definition) is 1. The first kappa shape index (κ1) is 7.39. The van der Waals surface area contributed by atoms with E-state index < -0.39 is 0 Å². The van der Waals surface area contributed by atoms with Crippen molar-refractivity contribution in [1.29, 1.82) is 0 Å². The lowest BCUT2D eigenvalue weighted by Gasteiger charge is -1.99. The maximum atomic E-state index is 5.07. The van der Waals surface area contributed by atoms with Gasteiger partial charge in [0.1, 0.15) is 0 Å². The van der Waals surface area contributed by atoms with Crippen LogP contribution in [0.5, 0.6) is 0 Å². The van der Waals surface area contributed by atoms with E-state index >= 15 is 0 Å². The van der Waals surface area contributed by atoms with Crippen LogP contribution in [0.25, 0.3) is 0 Å². The second-order valence-electron chi connectivity index (χ2n) is 2.54. The predicted octanol–water partition coefficient (Wildman–Crippen LogP) is 2.50. The first-order valence-electron chi connectivity index (χ1n) is 3.86. The van der Waals surface area contributed by atoms with Crippen molar-refractivity contribution in [3.8, 4) is 0 Å². The molecule has 0 aromatic heterocycles. The molecule has 1 nitrogen and oxygen atoms in total. The van der Waals surface area contributed by atoms with Crippen LogP contribution in [0, 0.1) is 5.92 Å². The molecule has 1 atom stereocenters. The van der Waals surface area contributed by atoms with Gasteiger partial charge in [-0.2, -0.15) is 0 Å². The van der Waals surface area contributed by atoms with Crippen molar-refractivity contribution in [2.45, 2.75) is 19.8 Å². The van der Waals surface area contributed by atoms with Gasteiger partial charge >= 0.3 is 0 Å². The fraction of sp³-hybridized carbons (Fsp3) is 0.556.